The maximum Gasteiger partial charge on any atom is 0.256 e. The quantitative estimate of drug-likeness (QED) is 0.796. The third-order valence-electron chi connectivity index (χ3n) is 2.14. The Kier molecular flexibility index (Phi) is 4.76. The SMILES string of the molecule is CCC(CC(N)=S)NC(=O)c1ccoc1Cl. The van der Waals surface area contributed by atoms with Crippen molar-refractivity contribution in [2.45, 2.75) is 25.8 Å². The summed E-state index contributed by atoms with van der Waals surface area (Å²) in [5, 5.41) is 2.88. The number of nitrogens with one attached hydrogen (secondary N) is 1. The van der Waals surface area contributed by atoms with E-state index >= 15 is 0 Å². The van der Waals surface area contributed by atoms with Gasteiger partial charge < -0.3 is 15.5 Å². The van der Waals surface area contributed by atoms with Crippen LogP contribution in [0.1, 0.15) is 30.1 Å². The molecule has 1 rings (SSSR count). The van der Waals surface area contributed by atoms with Gasteiger partial charge in [0, 0.05) is 12.5 Å². The molecule has 0 aliphatic heterocycles. The summed E-state index contributed by atoms with van der Waals surface area (Å²) in [6.07, 6.45) is 2.59. The topological polar surface area (TPSA) is 68.3 Å². The summed E-state index contributed by atoms with van der Waals surface area (Å²) in [6.45, 7) is 1.94. The first-order valence-corrected chi connectivity index (χ1v) is 5.65. The molecule has 88 valence electrons. The molecule has 0 radical (unpaired) electrons. The summed E-state index contributed by atoms with van der Waals surface area (Å²) in [4.78, 5) is 12.1. The van der Waals surface area contributed by atoms with Crippen molar-refractivity contribution in [1.29, 1.82) is 0 Å². The summed E-state index contributed by atoms with van der Waals surface area (Å²) in [6, 6.07) is 1.45. The van der Waals surface area contributed by atoms with Crippen molar-refractivity contribution in [3.63, 3.8) is 0 Å². The Balaban J connectivity index is 2.62. The lowest BCUT2D eigenvalue weighted by atomic mass is 10.1. The lowest BCUT2D eigenvalue weighted by molar-refractivity contribution is 0.0937. The highest BCUT2D eigenvalue weighted by atomic mass is 35.5. The minimum absolute atomic E-state index is 0.0732. The molecule has 1 aromatic rings. The summed E-state index contributed by atoms with van der Waals surface area (Å²) in [5.41, 5.74) is 5.75. The third kappa shape index (κ3) is 3.50. The van der Waals surface area contributed by atoms with Gasteiger partial charge in [0.2, 0.25) is 5.22 Å². The zero-order valence-corrected chi connectivity index (χ0v) is 10.4. The van der Waals surface area contributed by atoms with Gasteiger partial charge in [0.25, 0.3) is 5.91 Å². The molecular weight excluding hydrogens is 248 g/mol. The molecule has 0 aromatic carbocycles. The molecule has 0 fully saturated rings. The molecule has 1 atom stereocenters. The van der Waals surface area contributed by atoms with Crippen LogP contribution in [0.5, 0.6) is 0 Å². The van der Waals surface area contributed by atoms with Crippen LogP contribution >= 0.6 is 23.8 Å². The predicted octanol–water partition coefficient (Wildman–Crippen LogP) is 2.12. The first-order valence-electron chi connectivity index (χ1n) is 4.86. The van der Waals surface area contributed by atoms with Gasteiger partial charge in [0.05, 0.1) is 16.8 Å². The molecule has 0 aliphatic rings. The first kappa shape index (κ1) is 13.0. The molecule has 3 N–H and O–H groups in total. The van der Waals surface area contributed by atoms with Crippen molar-refractivity contribution < 1.29 is 9.21 Å². The van der Waals surface area contributed by atoms with Gasteiger partial charge in [-0.3, -0.25) is 4.79 Å². The molecule has 0 bridgehead atoms. The second kappa shape index (κ2) is 5.86. The van der Waals surface area contributed by atoms with Crippen LogP contribution in [-0.2, 0) is 0 Å². The molecule has 0 aliphatic carbocycles. The molecule has 4 nitrogen and oxygen atoms in total. The molecule has 6 heteroatoms. The summed E-state index contributed by atoms with van der Waals surface area (Å²) in [7, 11) is 0. The molecule has 0 saturated carbocycles. The van der Waals surface area contributed by atoms with Crippen LogP contribution in [0.25, 0.3) is 0 Å². The van der Waals surface area contributed by atoms with Crippen molar-refractivity contribution in [3.05, 3.63) is 23.1 Å². The zero-order valence-electron chi connectivity index (χ0n) is 8.83. The van der Waals surface area contributed by atoms with Crippen molar-refractivity contribution in [2.75, 3.05) is 0 Å². The number of amides is 1. The van der Waals surface area contributed by atoms with E-state index in [0.717, 1.165) is 6.42 Å². The molecule has 1 heterocycles. The Morgan fingerprint density at radius 3 is 2.88 bits per heavy atom. The van der Waals surface area contributed by atoms with Gasteiger partial charge in [0.15, 0.2) is 0 Å². The maximum absolute atomic E-state index is 11.7. The first-order chi connectivity index (χ1) is 7.54. The highest BCUT2D eigenvalue weighted by molar-refractivity contribution is 7.80. The van der Waals surface area contributed by atoms with Crippen molar-refractivity contribution in [1.82, 2.24) is 5.32 Å². The van der Waals surface area contributed by atoms with Crippen LogP contribution in [0, 0.1) is 0 Å². The lowest BCUT2D eigenvalue weighted by Crippen LogP contribution is -2.37. The number of nitrogens with two attached hydrogens (primary N) is 1. The summed E-state index contributed by atoms with van der Waals surface area (Å²) < 4.78 is 4.84. The zero-order chi connectivity index (χ0) is 12.1. The van der Waals surface area contributed by atoms with Gasteiger partial charge in [-0.2, -0.15) is 0 Å². The number of carbonyl (C=O) groups excluding carboxylic acids is 1. The van der Waals surface area contributed by atoms with E-state index in [1.165, 1.54) is 12.3 Å². The number of carbonyl (C=O) groups is 1. The van der Waals surface area contributed by atoms with Gasteiger partial charge in [-0.1, -0.05) is 19.1 Å². The summed E-state index contributed by atoms with van der Waals surface area (Å²) in [5.74, 6) is -0.276. The van der Waals surface area contributed by atoms with Gasteiger partial charge in [0.1, 0.15) is 0 Å². The van der Waals surface area contributed by atoms with E-state index in [-0.39, 0.29) is 17.2 Å². The van der Waals surface area contributed by atoms with Gasteiger partial charge >= 0.3 is 0 Å². The van der Waals surface area contributed by atoms with Crippen LogP contribution in [0.4, 0.5) is 0 Å². The predicted molar refractivity (Wildman–Crippen MR) is 66.7 cm³/mol. The highest BCUT2D eigenvalue weighted by Crippen LogP contribution is 2.16. The molecular formula is C10H13ClN2O2S. The van der Waals surface area contributed by atoms with E-state index in [1.54, 1.807) is 0 Å². The molecule has 16 heavy (non-hydrogen) atoms. The number of furan rings is 1. The third-order valence-corrected chi connectivity index (χ3v) is 2.60. The maximum atomic E-state index is 11.7. The fourth-order valence-corrected chi connectivity index (χ4v) is 1.66. The van der Waals surface area contributed by atoms with Crippen molar-refractivity contribution in [2.24, 2.45) is 5.73 Å². The molecule has 0 spiro atoms. The largest absolute Gasteiger partial charge is 0.452 e. The van der Waals surface area contributed by atoms with E-state index in [4.69, 9.17) is 34.0 Å². The lowest BCUT2D eigenvalue weighted by Gasteiger charge is -2.15. The summed E-state index contributed by atoms with van der Waals surface area (Å²) >= 11 is 10.5. The minimum atomic E-state index is -0.276. The van der Waals surface area contributed by atoms with E-state index in [9.17, 15) is 4.79 Å². The van der Waals surface area contributed by atoms with Crippen LogP contribution in [0.2, 0.25) is 5.22 Å². The Morgan fingerprint density at radius 2 is 2.44 bits per heavy atom. The fourth-order valence-electron chi connectivity index (χ4n) is 1.26. The molecule has 1 amide bonds. The average Bonchev–Trinajstić information content (AvgIpc) is 2.62. The molecule has 1 unspecified atom stereocenters. The van der Waals surface area contributed by atoms with Crippen molar-refractivity contribution in [3.8, 4) is 0 Å². The highest BCUT2D eigenvalue weighted by Gasteiger charge is 2.16. The van der Waals surface area contributed by atoms with Crippen LogP contribution < -0.4 is 11.1 Å². The van der Waals surface area contributed by atoms with E-state index < -0.39 is 0 Å². The van der Waals surface area contributed by atoms with Crippen LogP contribution in [0.15, 0.2) is 16.7 Å². The number of hydrogen-bond donors (Lipinski definition) is 2. The van der Waals surface area contributed by atoms with Gasteiger partial charge in [-0.05, 0) is 24.1 Å². The van der Waals surface area contributed by atoms with E-state index in [1.807, 2.05) is 6.92 Å². The number of thiocarbonyl (C=S) groups is 1. The van der Waals surface area contributed by atoms with Gasteiger partial charge in [-0.15, -0.1) is 0 Å². The number of rotatable bonds is 5. The monoisotopic (exact) mass is 260 g/mol. The Bertz CT molecular complexity index is 392. The second-order valence-corrected chi connectivity index (χ2v) is 4.22. The smallest absolute Gasteiger partial charge is 0.256 e. The Morgan fingerprint density at radius 1 is 1.75 bits per heavy atom. The number of hydrogen-bond acceptors (Lipinski definition) is 3. The van der Waals surface area contributed by atoms with Crippen LogP contribution in [-0.4, -0.2) is 16.9 Å². The average molecular weight is 261 g/mol. The van der Waals surface area contributed by atoms with E-state index in [2.05, 4.69) is 5.32 Å². The Hall–Kier alpha value is -1.07. The normalized spacial score (nSPS) is 12.1. The second-order valence-electron chi connectivity index (χ2n) is 3.36. The van der Waals surface area contributed by atoms with E-state index in [0.29, 0.717) is 17.0 Å². The standard InChI is InChI=1S/C10H13ClN2O2S/c1-2-6(5-8(12)16)13-10(14)7-3-4-15-9(7)11/h3-4,6H,2,5H2,1H3,(H2,12,16)(H,13,14). The molecule has 0 saturated heterocycles. The van der Waals surface area contributed by atoms with Gasteiger partial charge in [-0.25, -0.2) is 0 Å². The fraction of sp³-hybridized carbons (Fsp3) is 0.400. The Labute approximate surface area is 104 Å². The molecule has 1 aromatic heterocycles. The minimum Gasteiger partial charge on any atom is -0.452 e. The van der Waals surface area contributed by atoms with Crippen molar-refractivity contribution >= 4 is 34.7 Å². The van der Waals surface area contributed by atoms with Crippen LogP contribution in [0.3, 0.4) is 0 Å². The number of halogens is 1.